The average molecular weight is 216 g/mol. The Hall–Kier alpha value is -0.0200. The maximum atomic E-state index is 11.7. The molecule has 0 radical (unpaired) electrons. The highest BCUT2D eigenvalue weighted by Gasteiger charge is 2.20. The lowest BCUT2D eigenvalue weighted by molar-refractivity contribution is -0.123. The van der Waals surface area contributed by atoms with Crippen LogP contribution in [0.1, 0.15) is 26.7 Å². The Kier molecular flexibility index (Phi) is 5.56. The first-order valence-corrected chi connectivity index (χ1v) is 6.54. The maximum Gasteiger partial charge on any atom is 0.145 e. The summed E-state index contributed by atoms with van der Waals surface area (Å²) in [6, 6.07) is 0. The van der Waals surface area contributed by atoms with Gasteiger partial charge in [-0.05, 0) is 24.5 Å². The summed E-state index contributed by atoms with van der Waals surface area (Å²) in [6.45, 7) is 5.91. The molecular formula is C11H20O2S. The number of carbonyl (C=O) groups excluding carboxylic acids is 1. The van der Waals surface area contributed by atoms with Gasteiger partial charge in [-0.1, -0.05) is 13.8 Å². The highest BCUT2D eigenvalue weighted by molar-refractivity contribution is 7.99. The molecule has 82 valence electrons. The Bertz CT molecular complexity index is 174. The fraction of sp³-hybridized carbons (Fsp3) is 0.909. The summed E-state index contributed by atoms with van der Waals surface area (Å²) in [7, 11) is 0. The molecule has 0 aromatic heterocycles. The van der Waals surface area contributed by atoms with Crippen molar-refractivity contribution in [3.05, 3.63) is 0 Å². The molecule has 1 saturated heterocycles. The number of Topliss-reactive ketones (excluding diaryl/α,β-unsaturated/α-hetero) is 1. The van der Waals surface area contributed by atoms with Gasteiger partial charge in [0.1, 0.15) is 5.78 Å². The molecule has 3 heteroatoms. The monoisotopic (exact) mass is 216 g/mol. The Morgan fingerprint density at radius 3 is 2.64 bits per heavy atom. The SMILES string of the molecule is CC(C)CSCC(=O)C1CCOCC1. The minimum Gasteiger partial charge on any atom is -0.381 e. The van der Waals surface area contributed by atoms with Gasteiger partial charge in [-0.3, -0.25) is 4.79 Å². The summed E-state index contributed by atoms with van der Waals surface area (Å²) in [5.74, 6) is 3.18. The van der Waals surface area contributed by atoms with Gasteiger partial charge in [0.15, 0.2) is 0 Å². The fourth-order valence-electron chi connectivity index (χ4n) is 1.53. The van der Waals surface area contributed by atoms with Crippen molar-refractivity contribution in [3.8, 4) is 0 Å². The molecule has 0 saturated carbocycles. The van der Waals surface area contributed by atoms with E-state index in [1.54, 1.807) is 11.8 Å². The molecule has 0 aromatic carbocycles. The second-order valence-corrected chi connectivity index (χ2v) is 5.29. The molecular weight excluding hydrogens is 196 g/mol. The summed E-state index contributed by atoms with van der Waals surface area (Å²) in [5.41, 5.74) is 0. The highest BCUT2D eigenvalue weighted by atomic mass is 32.2. The number of hydrogen-bond acceptors (Lipinski definition) is 3. The lowest BCUT2D eigenvalue weighted by Crippen LogP contribution is -2.24. The Balaban J connectivity index is 2.13. The minimum atomic E-state index is 0.281. The van der Waals surface area contributed by atoms with E-state index in [4.69, 9.17) is 4.74 Å². The van der Waals surface area contributed by atoms with Crippen LogP contribution in [0.4, 0.5) is 0 Å². The lowest BCUT2D eigenvalue weighted by atomic mass is 9.96. The van der Waals surface area contributed by atoms with Crippen molar-refractivity contribution in [1.29, 1.82) is 0 Å². The van der Waals surface area contributed by atoms with E-state index in [-0.39, 0.29) is 5.92 Å². The molecule has 1 aliphatic rings. The molecule has 0 amide bonds. The van der Waals surface area contributed by atoms with E-state index in [9.17, 15) is 4.79 Å². The van der Waals surface area contributed by atoms with Crippen LogP contribution in [0.15, 0.2) is 0 Å². The number of carbonyl (C=O) groups is 1. The first-order chi connectivity index (χ1) is 6.70. The normalized spacial score (nSPS) is 18.8. The third-order valence-electron chi connectivity index (χ3n) is 2.37. The number of thioether (sulfide) groups is 1. The molecule has 0 spiro atoms. The molecule has 1 aliphatic heterocycles. The van der Waals surface area contributed by atoms with Crippen molar-refractivity contribution in [3.63, 3.8) is 0 Å². The molecule has 0 atom stereocenters. The van der Waals surface area contributed by atoms with Gasteiger partial charge in [0.25, 0.3) is 0 Å². The zero-order valence-electron chi connectivity index (χ0n) is 9.12. The predicted molar refractivity (Wildman–Crippen MR) is 60.7 cm³/mol. The van der Waals surface area contributed by atoms with E-state index in [1.165, 1.54) is 0 Å². The Morgan fingerprint density at radius 1 is 1.43 bits per heavy atom. The van der Waals surface area contributed by atoms with Crippen molar-refractivity contribution in [2.24, 2.45) is 11.8 Å². The van der Waals surface area contributed by atoms with Crippen molar-refractivity contribution in [2.75, 3.05) is 24.7 Å². The van der Waals surface area contributed by atoms with Crippen molar-refractivity contribution >= 4 is 17.5 Å². The van der Waals surface area contributed by atoms with Crippen LogP contribution in [-0.2, 0) is 9.53 Å². The minimum absolute atomic E-state index is 0.281. The molecule has 0 aliphatic carbocycles. The largest absolute Gasteiger partial charge is 0.381 e. The van der Waals surface area contributed by atoms with Crippen LogP contribution in [0, 0.1) is 11.8 Å². The molecule has 0 unspecified atom stereocenters. The molecule has 14 heavy (non-hydrogen) atoms. The van der Waals surface area contributed by atoms with Gasteiger partial charge in [-0.15, -0.1) is 0 Å². The maximum absolute atomic E-state index is 11.7. The smallest absolute Gasteiger partial charge is 0.145 e. The molecule has 0 aromatic rings. The van der Waals surface area contributed by atoms with Crippen LogP contribution in [0.5, 0.6) is 0 Å². The summed E-state index contributed by atoms with van der Waals surface area (Å²) in [6.07, 6.45) is 1.86. The van der Waals surface area contributed by atoms with E-state index in [1.807, 2.05) is 0 Å². The molecule has 1 heterocycles. The molecule has 0 N–H and O–H groups in total. The topological polar surface area (TPSA) is 26.3 Å². The van der Waals surface area contributed by atoms with Crippen LogP contribution in [0.3, 0.4) is 0 Å². The summed E-state index contributed by atoms with van der Waals surface area (Å²) >= 11 is 1.77. The van der Waals surface area contributed by atoms with Gasteiger partial charge < -0.3 is 4.74 Å². The van der Waals surface area contributed by atoms with E-state index in [2.05, 4.69) is 13.8 Å². The van der Waals surface area contributed by atoms with Crippen molar-refractivity contribution < 1.29 is 9.53 Å². The zero-order chi connectivity index (χ0) is 10.4. The number of rotatable bonds is 5. The summed E-state index contributed by atoms with van der Waals surface area (Å²) in [4.78, 5) is 11.7. The lowest BCUT2D eigenvalue weighted by Gasteiger charge is -2.20. The van der Waals surface area contributed by atoms with Gasteiger partial charge >= 0.3 is 0 Å². The van der Waals surface area contributed by atoms with E-state index < -0.39 is 0 Å². The average Bonchev–Trinajstić information content (AvgIpc) is 2.18. The fourth-order valence-corrected chi connectivity index (χ4v) is 2.56. The van der Waals surface area contributed by atoms with Gasteiger partial charge in [-0.25, -0.2) is 0 Å². The molecule has 2 nitrogen and oxygen atoms in total. The first-order valence-electron chi connectivity index (χ1n) is 5.38. The van der Waals surface area contributed by atoms with E-state index >= 15 is 0 Å². The molecule has 0 bridgehead atoms. The van der Waals surface area contributed by atoms with Gasteiger partial charge in [0.05, 0.1) is 5.75 Å². The highest BCUT2D eigenvalue weighted by Crippen LogP contribution is 2.18. The van der Waals surface area contributed by atoms with Crippen LogP contribution in [0.2, 0.25) is 0 Å². The number of ketones is 1. The Labute approximate surface area is 90.8 Å². The van der Waals surface area contributed by atoms with Crippen LogP contribution >= 0.6 is 11.8 Å². The van der Waals surface area contributed by atoms with Crippen LogP contribution < -0.4 is 0 Å². The third-order valence-corrected chi connectivity index (χ3v) is 3.76. The van der Waals surface area contributed by atoms with E-state index in [0.717, 1.165) is 31.8 Å². The van der Waals surface area contributed by atoms with Crippen molar-refractivity contribution in [2.45, 2.75) is 26.7 Å². The van der Waals surface area contributed by atoms with Gasteiger partial charge in [0.2, 0.25) is 0 Å². The zero-order valence-corrected chi connectivity index (χ0v) is 9.94. The van der Waals surface area contributed by atoms with Crippen LogP contribution in [0.25, 0.3) is 0 Å². The van der Waals surface area contributed by atoms with E-state index in [0.29, 0.717) is 17.5 Å². The van der Waals surface area contributed by atoms with Crippen LogP contribution in [-0.4, -0.2) is 30.5 Å². The number of hydrogen-bond donors (Lipinski definition) is 0. The molecule has 1 fully saturated rings. The number of ether oxygens (including phenoxy) is 1. The standard InChI is InChI=1S/C11H20O2S/c1-9(2)7-14-8-11(12)10-3-5-13-6-4-10/h9-10H,3-8H2,1-2H3. The first kappa shape index (κ1) is 12.1. The molecule has 1 rings (SSSR count). The second-order valence-electron chi connectivity index (χ2n) is 4.26. The quantitative estimate of drug-likeness (QED) is 0.706. The van der Waals surface area contributed by atoms with Gasteiger partial charge in [-0.2, -0.15) is 11.8 Å². The Morgan fingerprint density at radius 2 is 2.07 bits per heavy atom. The summed E-state index contributed by atoms with van der Waals surface area (Å²) < 4.78 is 5.23. The third kappa shape index (κ3) is 4.47. The van der Waals surface area contributed by atoms with Gasteiger partial charge in [0, 0.05) is 19.1 Å². The van der Waals surface area contributed by atoms with Crippen molar-refractivity contribution in [1.82, 2.24) is 0 Å². The second kappa shape index (κ2) is 6.46. The predicted octanol–water partition coefficient (Wildman–Crippen LogP) is 2.37. The summed E-state index contributed by atoms with van der Waals surface area (Å²) in [5, 5.41) is 0.